The van der Waals surface area contributed by atoms with Crippen molar-refractivity contribution in [1.82, 2.24) is 0 Å². The van der Waals surface area contributed by atoms with Crippen LogP contribution in [0.1, 0.15) is 0 Å². The lowest BCUT2D eigenvalue weighted by molar-refractivity contribution is 0.405. The minimum atomic E-state index is -0.582. The van der Waals surface area contributed by atoms with Crippen molar-refractivity contribution in [3.05, 3.63) is 60.1 Å². The van der Waals surface area contributed by atoms with Gasteiger partial charge in [0.05, 0.1) is 7.11 Å². The van der Waals surface area contributed by atoms with Crippen LogP contribution in [0.25, 0.3) is 0 Å². The summed E-state index contributed by atoms with van der Waals surface area (Å²) in [6, 6.07) is 14.4. The second-order valence-corrected chi connectivity index (χ2v) is 4.35. The number of rotatable bonds is 5. The van der Waals surface area contributed by atoms with Crippen LogP contribution in [-0.4, -0.2) is 7.11 Å². The average molecular weight is 309 g/mol. The highest BCUT2D eigenvalue weighted by molar-refractivity contribution is 5.52. The highest BCUT2D eigenvalue weighted by atomic mass is 19.1. The molecule has 0 fully saturated rings. The van der Waals surface area contributed by atoms with Gasteiger partial charge < -0.3 is 14.8 Å². The molecule has 0 heterocycles. The van der Waals surface area contributed by atoms with E-state index in [1.165, 1.54) is 25.4 Å². The van der Waals surface area contributed by atoms with Crippen molar-refractivity contribution in [3.63, 3.8) is 0 Å². The molecule has 0 aromatic heterocycles. The first-order chi connectivity index (χ1) is 11.2. The van der Waals surface area contributed by atoms with Crippen molar-refractivity contribution < 1.29 is 13.9 Å². The van der Waals surface area contributed by atoms with Crippen molar-refractivity contribution >= 4 is 5.69 Å². The summed E-state index contributed by atoms with van der Waals surface area (Å²) >= 11 is 0. The van der Waals surface area contributed by atoms with Crippen molar-refractivity contribution in [3.8, 4) is 29.4 Å². The van der Waals surface area contributed by atoms with Gasteiger partial charge in [0.1, 0.15) is 29.2 Å². The molecule has 1 N–H and O–H groups in total. The van der Waals surface area contributed by atoms with E-state index in [9.17, 15) is 4.39 Å². The fourth-order valence-corrected chi connectivity index (χ4v) is 1.71. The van der Waals surface area contributed by atoms with Crippen LogP contribution in [0.15, 0.2) is 54.2 Å². The van der Waals surface area contributed by atoms with Gasteiger partial charge in [0, 0.05) is 24.0 Å². The Kier molecular flexibility index (Phi) is 5.16. The first-order valence-electron chi connectivity index (χ1n) is 6.54. The zero-order valence-electron chi connectivity index (χ0n) is 12.2. The van der Waals surface area contributed by atoms with Crippen LogP contribution >= 0.6 is 0 Å². The summed E-state index contributed by atoms with van der Waals surface area (Å²) in [5.74, 6) is 0.516. The molecule has 2 rings (SSSR count). The third-order valence-electron chi connectivity index (χ3n) is 2.82. The molecule has 0 atom stereocenters. The third-order valence-corrected chi connectivity index (χ3v) is 2.82. The molecular weight excluding hydrogens is 297 g/mol. The zero-order chi connectivity index (χ0) is 16.7. The van der Waals surface area contributed by atoms with E-state index < -0.39 is 5.82 Å². The lowest BCUT2D eigenvalue weighted by Gasteiger charge is -2.09. The lowest BCUT2D eigenvalue weighted by atomic mass is 10.2. The van der Waals surface area contributed by atoms with Gasteiger partial charge in [-0.3, -0.25) is 0 Å². The maximum absolute atomic E-state index is 14.1. The van der Waals surface area contributed by atoms with Crippen molar-refractivity contribution in [2.45, 2.75) is 0 Å². The number of halogens is 1. The Balaban J connectivity index is 2.15. The predicted octanol–water partition coefficient (Wildman–Crippen LogP) is 3.97. The Labute approximate surface area is 132 Å². The Bertz CT molecular complexity index is 803. The number of allylic oxidation sites excluding steroid dienone is 1. The Hall–Kier alpha value is -3.51. The molecule has 114 valence electrons. The van der Waals surface area contributed by atoms with E-state index in [2.05, 4.69) is 5.32 Å². The van der Waals surface area contributed by atoms with Crippen LogP contribution in [0.3, 0.4) is 0 Å². The molecule has 0 aliphatic heterocycles. The lowest BCUT2D eigenvalue weighted by Crippen LogP contribution is -1.93. The van der Waals surface area contributed by atoms with Crippen LogP contribution in [0.5, 0.6) is 17.2 Å². The summed E-state index contributed by atoms with van der Waals surface area (Å²) in [4.78, 5) is 0. The summed E-state index contributed by atoms with van der Waals surface area (Å²) < 4.78 is 24.6. The van der Waals surface area contributed by atoms with E-state index in [-0.39, 0.29) is 11.3 Å². The molecule has 23 heavy (non-hydrogen) atoms. The fraction of sp³-hybridized carbons (Fsp3) is 0.0588. The number of nitrogens with one attached hydrogen (secondary N) is 1. The summed E-state index contributed by atoms with van der Waals surface area (Å²) in [5.41, 5.74) is 0.283. The monoisotopic (exact) mass is 309 g/mol. The van der Waals surface area contributed by atoms with E-state index in [1.807, 2.05) is 0 Å². The van der Waals surface area contributed by atoms with Gasteiger partial charge in [-0.15, -0.1) is 0 Å². The van der Waals surface area contributed by atoms with Crippen LogP contribution in [-0.2, 0) is 0 Å². The number of hydrogen-bond donors (Lipinski definition) is 1. The van der Waals surface area contributed by atoms with Crippen LogP contribution in [0.4, 0.5) is 10.1 Å². The van der Waals surface area contributed by atoms with Crippen molar-refractivity contribution in [1.29, 1.82) is 10.5 Å². The molecule has 5 nitrogen and oxygen atoms in total. The minimum Gasteiger partial charge on any atom is -0.497 e. The fourth-order valence-electron chi connectivity index (χ4n) is 1.71. The van der Waals surface area contributed by atoms with Gasteiger partial charge in [-0.25, -0.2) is 4.39 Å². The molecule has 2 aromatic rings. The van der Waals surface area contributed by atoms with Gasteiger partial charge in [-0.1, -0.05) is 6.07 Å². The number of ether oxygens (including phenoxy) is 2. The standard InChI is InChI=1S/C17H12FN3O2/c1-22-14-3-2-4-15(8-14)23-17-6-5-13(7-16(17)18)21-11-12(9-19)10-20/h2-8,11,21H,1H3. The number of nitriles is 2. The summed E-state index contributed by atoms with van der Waals surface area (Å²) in [6.07, 6.45) is 1.21. The number of nitrogens with zero attached hydrogens (tertiary/aromatic N) is 2. The number of anilines is 1. The van der Waals surface area contributed by atoms with E-state index in [0.717, 1.165) is 0 Å². The van der Waals surface area contributed by atoms with E-state index >= 15 is 0 Å². The Morgan fingerprint density at radius 3 is 2.52 bits per heavy atom. The van der Waals surface area contributed by atoms with Gasteiger partial charge in [0.15, 0.2) is 11.6 Å². The number of methoxy groups -OCH3 is 1. The van der Waals surface area contributed by atoms with Gasteiger partial charge >= 0.3 is 0 Å². The molecule has 6 heteroatoms. The smallest absolute Gasteiger partial charge is 0.167 e. The van der Waals surface area contributed by atoms with E-state index in [0.29, 0.717) is 17.2 Å². The first-order valence-corrected chi connectivity index (χ1v) is 6.54. The third kappa shape index (κ3) is 4.23. The predicted molar refractivity (Wildman–Crippen MR) is 82.4 cm³/mol. The van der Waals surface area contributed by atoms with Crippen LogP contribution in [0.2, 0.25) is 0 Å². The molecule has 0 bridgehead atoms. The Morgan fingerprint density at radius 2 is 1.87 bits per heavy atom. The highest BCUT2D eigenvalue weighted by Crippen LogP contribution is 2.28. The van der Waals surface area contributed by atoms with E-state index in [4.69, 9.17) is 20.0 Å². The Morgan fingerprint density at radius 1 is 1.13 bits per heavy atom. The molecule has 0 aliphatic rings. The first kappa shape index (κ1) is 15.9. The van der Waals surface area contributed by atoms with E-state index in [1.54, 1.807) is 42.5 Å². The highest BCUT2D eigenvalue weighted by Gasteiger charge is 2.07. The zero-order valence-corrected chi connectivity index (χ0v) is 12.2. The van der Waals surface area contributed by atoms with Crippen LogP contribution in [0, 0.1) is 28.5 Å². The number of benzene rings is 2. The summed E-state index contributed by atoms with van der Waals surface area (Å²) in [5, 5.41) is 19.9. The molecule has 0 radical (unpaired) electrons. The SMILES string of the molecule is COc1cccc(Oc2ccc(NC=C(C#N)C#N)cc2F)c1. The van der Waals surface area contributed by atoms with Gasteiger partial charge in [0.25, 0.3) is 0 Å². The second kappa shape index (κ2) is 7.48. The molecule has 2 aromatic carbocycles. The molecule has 0 aliphatic carbocycles. The van der Waals surface area contributed by atoms with Crippen molar-refractivity contribution in [2.24, 2.45) is 0 Å². The quantitative estimate of drug-likeness (QED) is 0.845. The molecular formula is C17H12FN3O2. The largest absolute Gasteiger partial charge is 0.497 e. The normalized spacial score (nSPS) is 9.22. The molecule has 0 saturated heterocycles. The topological polar surface area (TPSA) is 78.1 Å². The van der Waals surface area contributed by atoms with Gasteiger partial charge in [-0.2, -0.15) is 10.5 Å². The molecule has 0 spiro atoms. The second-order valence-electron chi connectivity index (χ2n) is 4.35. The molecule has 0 amide bonds. The minimum absolute atomic E-state index is 0.0496. The number of hydrogen-bond acceptors (Lipinski definition) is 5. The maximum Gasteiger partial charge on any atom is 0.167 e. The molecule has 0 unspecified atom stereocenters. The average Bonchev–Trinajstić information content (AvgIpc) is 2.58. The maximum atomic E-state index is 14.1. The van der Waals surface area contributed by atoms with Gasteiger partial charge in [-0.05, 0) is 24.3 Å². The van der Waals surface area contributed by atoms with Crippen molar-refractivity contribution in [2.75, 3.05) is 12.4 Å². The summed E-state index contributed by atoms with van der Waals surface area (Å²) in [7, 11) is 1.53. The van der Waals surface area contributed by atoms with Gasteiger partial charge in [0.2, 0.25) is 0 Å². The molecule has 0 saturated carbocycles. The van der Waals surface area contributed by atoms with Crippen LogP contribution < -0.4 is 14.8 Å². The summed E-state index contributed by atoms with van der Waals surface area (Å²) in [6.45, 7) is 0.